The second kappa shape index (κ2) is 8.63. The van der Waals surface area contributed by atoms with E-state index in [9.17, 15) is 15.0 Å². The van der Waals surface area contributed by atoms with Crippen LogP contribution in [0.3, 0.4) is 0 Å². The van der Waals surface area contributed by atoms with E-state index in [4.69, 9.17) is 9.47 Å². The number of ether oxygens (including phenoxy) is 2. The number of benzene rings is 2. The quantitative estimate of drug-likeness (QED) is 0.525. The first kappa shape index (κ1) is 19.5. The molecule has 6 nitrogen and oxygen atoms in total. The lowest BCUT2D eigenvalue weighted by Gasteiger charge is -2.20. The number of carbonyl (C=O) groups is 1. The Morgan fingerprint density at radius 1 is 1.11 bits per heavy atom. The molecule has 146 valence electrons. The van der Waals surface area contributed by atoms with Crippen LogP contribution < -0.4 is 14.8 Å². The maximum absolute atomic E-state index is 12.9. The zero-order valence-corrected chi connectivity index (χ0v) is 15.9. The van der Waals surface area contributed by atoms with Crippen LogP contribution in [-0.4, -0.2) is 43.3 Å². The molecule has 1 aliphatic rings. The summed E-state index contributed by atoms with van der Waals surface area (Å²) in [7, 11) is 2.96. The molecule has 3 N–H and O–H groups in total. The van der Waals surface area contributed by atoms with E-state index in [0.29, 0.717) is 24.3 Å². The molecule has 3 rings (SSSR count). The molecule has 2 aromatic carbocycles. The van der Waals surface area contributed by atoms with Gasteiger partial charge in [0.25, 0.3) is 0 Å². The predicted octanol–water partition coefficient (Wildman–Crippen LogP) is 3.39. The Hall–Kier alpha value is -3.25. The fraction of sp³-hybridized carbons (Fsp3) is 0.227. The van der Waals surface area contributed by atoms with Gasteiger partial charge in [0.05, 0.1) is 19.8 Å². The molecule has 2 aromatic rings. The Labute approximate surface area is 163 Å². The van der Waals surface area contributed by atoms with Gasteiger partial charge in [0.1, 0.15) is 28.6 Å². The molecule has 0 atom stereocenters. The molecule has 0 amide bonds. The minimum Gasteiger partial charge on any atom is -0.508 e. The second-order valence-electron chi connectivity index (χ2n) is 6.35. The van der Waals surface area contributed by atoms with E-state index < -0.39 is 0 Å². The van der Waals surface area contributed by atoms with Crippen LogP contribution in [0.5, 0.6) is 23.0 Å². The van der Waals surface area contributed by atoms with Crippen LogP contribution in [0.2, 0.25) is 0 Å². The first-order chi connectivity index (χ1) is 13.5. The number of phenols is 2. The van der Waals surface area contributed by atoms with Crippen LogP contribution in [0.15, 0.2) is 42.5 Å². The minimum absolute atomic E-state index is 0.0905. The highest BCUT2D eigenvalue weighted by atomic mass is 16.5. The molecule has 0 radical (unpaired) electrons. The third kappa shape index (κ3) is 4.02. The number of ketones is 1. The van der Waals surface area contributed by atoms with Gasteiger partial charge < -0.3 is 25.0 Å². The van der Waals surface area contributed by atoms with E-state index in [0.717, 1.165) is 17.7 Å². The third-order valence-electron chi connectivity index (χ3n) is 4.62. The summed E-state index contributed by atoms with van der Waals surface area (Å²) in [6.45, 7) is 1.47. The molecule has 0 spiro atoms. The van der Waals surface area contributed by atoms with Gasteiger partial charge in [0.2, 0.25) is 0 Å². The summed E-state index contributed by atoms with van der Waals surface area (Å²) in [5.41, 5.74) is 2.28. The summed E-state index contributed by atoms with van der Waals surface area (Å²) < 4.78 is 10.8. The molecular weight excluding hydrogens is 358 g/mol. The van der Waals surface area contributed by atoms with Gasteiger partial charge in [-0.25, -0.2) is 0 Å². The average Bonchev–Trinajstić information content (AvgIpc) is 2.72. The number of phenolic OH excluding ortho intramolecular Hbond substituents is 2. The highest BCUT2D eigenvalue weighted by Crippen LogP contribution is 2.43. The second-order valence-corrected chi connectivity index (χ2v) is 6.35. The van der Waals surface area contributed by atoms with Crippen LogP contribution in [0.4, 0.5) is 0 Å². The first-order valence-electron chi connectivity index (χ1n) is 8.94. The van der Waals surface area contributed by atoms with Crippen molar-refractivity contribution in [3.63, 3.8) is 0 Å². The van der Waals surface area contributed by atoms with Crippen LogP contribution >= 0.6 is 0 Å². The third-order valence-corrected chi connectivity index (χ3v) is 4.62. The normalized spacial score (nSPS) is 14.0. The number of carbonyl (C=O) groups excluding carboxylic acids is 1. The summed E-state index contributed by atoms with van der Waals surface area (Å²) in [4.78, 5) is 12.9. The van der Waals surface area contributed by atoms with E-state index in [1.165, 1.54) is 32.4 Å². The lowest BCUT2D eigenvalue weighted by atomic mass is 9.93. The minimum atomic E-state index is -0.388. The number of nitrogens with one attached hydrogen (secondary N) is 1. The molecule has 0 bridgehead atoms. The average molecular weight is 381 g/mol. The molecule has 0 saturated carbocycles. The van der Waals surface area contributed by atoms with Crippen molar-refractivity contribution in [3.05, 3.63) is 59.2 Å². The van der Waals surface area contributed by atoms with Gasteiger partial charge in [-0.05, 0) is 42.3 Å². The Balaban J connectivity index is 2.04. The number of aromatic hydroxyl groups is 2. The summed E-state index contributed by atoms with van der Waals surface area (Å²) in [5.74, 6) is 0.318. The van der Waals surface area contributed by atoms with Gasteiger partial charge in [-0.2, -0.15) is 0 Å². The molecule has 1 aliphatic heterocycles. The van der Waals surface area contributed by atoms with Gasteiger partial charge in [-0.3, -0.25) is 4.79 Å². The monoisotopic (exact) mass is 381 g/mol. The van der Waals surface area contributed by atoms with E-state index in [1.807, 2.05) is 6.08 Å². The van der Waals surface area contributed by atoms with Crippen molar-refractivity contribution in [2.45, 2.75) is 6.42 Å². The van der Waals surface area contributed by atoms with Crippen molar-refractivity contribution in [3.8, 4) is 23.0 Å². The standard InChI is InChI=1S/C22H23NO5/c1-27-18-13-19(28-2)21(22(26)20(18)15-9-11-23-12-10-15)17(25)8-5-14-3-6-16(24)7-4-14/h3-9,13,23-24,26H,10-12H2,1-2H3. The smallest absolute Gasteiger partial charge is 0.193 e. The molecule has 1 heterocycles. The van der Waals surface area contributed by atoms with Crippen molar-refractivity contribution >= 4 is 17.4 Å². The van der Waals surface area contributed by atoms with Gasteiger partial charge in [0, 0.05) is 12.6 Å². The molecule has 0 unspecified atom stereocenters. The Morgan fingerprint density at radius 2 is 1.82 bits per heavy atom. The van der Waals surface area contributed by atoms with E-state index in [2.05, 4.69) is 5.32 Å². The number of methoxy groups -OCH3 is 2. The molecule has 0 aromatic heterocycles. The maximum Gasteiger partial charge on any atom is 0.193 e. The molecule has 28 heavy (non-hydrogen) atoms. The fourth-order valence-corrected chi connectivity index (χ4v) is 3.18. The number of hydrogen-bond acceptors (Lipinski definition) is 6. The fourth-order valence-electron chi connectivity index (χ4n) is 3.18. The van der Waals surface area contributed by atoms with Crippen molar-refractivity contribution in [1.82, 2.24) is 5.32 Å². The van der Waals surface area contributed by atoms with Crippen LogP contribution in [0.25, 0.3) is 11.6 Å². The Kier molecular flexibility index (Phi) is 6.01. The van der Waals surface area contributed by atoms with Crippen LogP contribution in [0, 0.1) is 0 Å². The largest absolute Gasteiger partial charge is 0.508 e. The van der Waals surface area contributed by atoms with Gasteiger partial charge in [-0.15, -0.1) is 0 Å². The van der Waals surface area contributed by atoms with Gasteiger partial charge >= 0.3 is 0 Å². The molecule has 6 heteroatoms. The molecule has 0 saturated heterocycles. The SMILES string of the molecule is COc1cc(OC)c(C2=CCNCC2)c(O)c1C(=O)C=Cc1ccc(O)cc1. The van der Waals surface area contributed by atoms with E-state index in [-0.39, 0.29) is 28.6 Å². The number of hydrogen-bond donors (Lipinski definition) is 3. The lowest BCUT2D eigenvalue weighted by Crippen LogP contribution is -2.20. The topological polar surface area (TPSA) is 88.0 Å². The molecule has 0 aliphatic carbocycles. The van der Waals surface area contributed by atoms with Crippen molar-refractivity contribution in [1.29, 1.82) is 0 Å². The lowest BCUT2D eigenvalue weighted by molar-refractivity contribution is 0.104. The molecule has 0 fully saturated rings. The highest BCUT2D eigenvalue weighted by molar-refractivity contribution is 6.11. The van der Waals surface area contributed by atoms with Crippen LogP contribution in [0.1, 0.15) is 27.9 Å². The Morgan fingerprint density at radius 3 is 2.43 bits per heavy atom. The van der Waals surface area contributed by atoms with Gasteiger partial charge in [-0.1, -0.05) is 24.3 Å². The Bertz CT molecular complexity index is 929. The van der Waals surface area contributed by atoms with Crippen LogP contribution in [-0.2, 0) is 0 Å². The van der Waals surface area contributed by atoms with Crippen molar-refractivity contribution in [2.75, 3.05) is 27.3 Å². The zero-order valence-electron chi connectivity index (χ0n) is 15.9. The summed E-state index contributed by atoms with van der Waals surface area (Å²) >= 11 is 0. The van der Waals surface area contributed by atoms with Gasteiger partial charge in [0.15, 0.2) is 5.78 Å². The van der Waals surface area contributed by atoms with Crippen molar-refractivity contribution in [2.24, 2.45) is 0 Å². The van der Waals surface area contributed by atoms with E-state index >= 15 is 0 Å². The first-order valence-corrected chi connectivity index (χ1v) is 8.94. The summed E-state index contributed by atoms with van der Waals surface area (Å²) in [6.07, 6.45) is 5.69. The number of allylic oxidation sites excluding steroid dienone is 1. The summed E-state index contributed by atoms with van der Waals surface area (Å²) in [5, 5.41) is 23.5. The summed E-state index contributed by atoms with van der Waals surface area (Å²) in [6, 6.07) is 8.08. The number of rotatable bonds is 6. The highest BCUT2D eigenvalue weighted by Gasteiger charge is 2.25. The van der Waals surface area contributed by atoms with E-state index in [1.54, 1.807) is 24.3 Å². The van der Waals surface area contributed by atoms with Crippen molar-refractivity contribution < 1.29 is 24.5 Å². The molecular formula is C22H23NO5. The predicted molar refractivity (Wildman–Crippen MR) is 108 cm³/mol. The zero-order chi connectivity index (χ0) is 20.1. The maximum atomic E-state index is 12.9.